The smallest absolute Gasteiger partial charge is 0.125 e. The lowest BCUT2D eigenvalue weighted by molar-refractivity contribution is 0.259. The third-order valence-electron chi connectivity index (χ3n) is 4.34. The van der Waals surface area contributed by atoms with E-state index in [-0.39, 0.29) is 5.82 Å². The van der Waals surface area contributed by atoms with Gasteiger partial charge in [0.1, 0.15) is 5.82 Å². The van der Waals surface area contributed by atoms with Crippen molar-refractivity contribution in [3.63, 3.8) is 0 Å². The van der Waals surface area contributed by atoms with Gasteiger partial charge in [-0.3, -0.25) is 0 Å². The number of rotatable bonds is 5. The van der Waals surface area contributed by atoms with Crippen molar-refractivity contribution < 1.29 is 4.39 Å². The quantitative estimate of drug-likeness (QED) is 0.887. The molecule has 2 nitrogen and oxygen atoms in total. The summed E-state index contributed by atoms with van der Waals surface area (Å²) in [5.41, 5.74) is 6.67. The summed E-state index contributed by atoms with van der Waals surface area (Å²) in [6.07, 6.45) is 4.66. The molecule has 0 aliphatic heterocycles. The lowest BCUT2D eigenvalue weighted by atomic mass is 9.79. The van der Waals surface area contributed by atoms with Crippen LogP contribution in [0.4, 0.5) is 10.1 Å². The Kier molecular flexibility index (Phi) is 5.41. The van der Waals surface area contributed by atoms with E-state index in [1.54, 1.807) is 12.1 Å². The second-order valence-corrected chi connectivity index (χ2v) is 6.39. The minimum absolute atomic E-state index is 0.155. The van der Waals surface area contributed by atoms with Crippen LogP contribution in [0.25, 0.3) is 0 Å². The van der Waals surface area contributed by atoms with Gasteiger partial charge in [-0.05, 0) is 62.3 Å². The molecule has 2 rings (SSSR count). The molecule has 0 amide bonds. The maximum Gasteiger partial charge on any atom is 0.125 e. The zero-order chi connectivity index (χ0) is 14.5. The molecular weight excluding hydrogens is 251 g/mol. The van der Waals surface area contributed by atoms with Gasteiger partial charge in [0, 0.05) is 18.3 Å². The van der Waals surface area contributed by atoms with Gasteiger partial charge in [-0.2, -0.15) is 0 Å². The van der Waals surface area contributed by atoms with E-state index in [0.29, 0.717) is 12.6 Å². The molecule has 1 aliphatic rings. The van der Waals surface area contributed by atoms with Gasteiger partial charge in [-0.1, -0.05) is 19.9 Å². The van der Waals surface area contributed by atoms with Crippen molar-refractivity contribution in [2.24, 2.45) is 17.6 Å². The topological polar surface area (TPSA) is 29.3 Å². The van der Waals surface area contributed by atoms with Gasteiger partial charge in [0.15, 0.2) is 0 Å². The number of anilines is 1. The fourth-order valence-electron chi connectivity index (χ4n) is 3.60. The van der Waals surface area contributed by atoms with Crippen LogP contribution in [0.5, 0.6) is 0 Å². The Hall–Kier alpha value is -1.09. The van der Waals surface area contributed by atoms with Crippen LogP contribution in [0.1, 0.15) is 39.5 Å². The Bertz CT molecular complexity index is 411. The SMILES string of the molecule is CC1CC(C)CC(N(CCCN)c2cccc(F)c2)C1. The van der Waals surface area contributed by atoms with Crippen LogP contribution < -0.4 is 10.6 Å². The Labute approximate surface area is 122 Å². The van der Waals surface area contributed by atoms with Gasteiger partial charge in [-0.25, -0.2) is 4.39 Å². The Morgan fingerprint density at radius 2 is 1.90 bits per heavy atom. The fourth-order valence-corrected chi connectivity index (χ4v) is 3.60. The van der Waals surface area contributed by atoms with Crippen molar-refractivity contribution in [3.8, 4) is 0 Å². The first kappa shape index (κ1) is 15.3. The number of benzene rings is 1. The summed E-state index contributed by atoms with van der Waals surface area (Å²) in [5, 5.41) is 0. The second kappa shape index (κ2) is 7.07. The highest BCUT2D eigenvalue weighted by Gasteiger charge is 2.28. The van der Waals surface area contributed by atoms with E-state index < -0.39 is 0 Å². The summed E-state index contributed by atoms with van der Waals surface area (Å²) in [7, 11) is 0. The molecule has 1 fully saturated rings. The maximum absolute atomic E-state index is 13.5. The zero-order valence-electron chi connectivity index (χ0n) is 12.7. The molecule has 112 valence electrons. The number of hydrogen-bond acceptors (Lipinski definition) is 2. The summed E-state index contributed by atoms with van der Waals surface area (Å²) in [4.78, 5) is 2.38. The summed E-state index contributed by atoms with van der Waals surface area (Å²) in [5.74, 6) is 1.34. The van der Waals surface area contributed by atoms with Crippen LogP contribution in [0.2, 0.25) is 0 Å². The molecule has 0 aromatic heterocycles. The first-order chi connectivity index (χ1) is 9.60. The normalized spacial score (nSPS) is 26.5. The molecule has 1 aromatic rings. The molecule has 1 saturated carbocycles. The van der Waals surface area contributed by atoms with Gasteiger partial charge in [0.25, 0.3) is 0 Å². The average Bonchev–Trinajstić information content (AvgIpc) is 2.38. The van der Waals surface area contributed by atoms with Crippen LogP contribution in [-0.4, -0.2) is 19.1 Å². The van der Waals surface area contributed by atoms with E-state index >= 15 is 0 Å². The van der Waals surface area contributed by atoms with Crippen LogP contribution in [0.15, 0.2) is 24.3 Å². The monoisotopic (exact) mass is 278 g/mol. The molecule has 20 heavy (non-hydrogen) atoms. The van der Waals surface area contributed by atoms with Crippen molar-refractivity contribution in [1.29, 1.82) is 0 Å². The van der Waals surface area contributed by atoms with E-state index in [2.05, 4.69) is 18.7 Å². The summed E-state index contributed by atoms with van der Waals surface area (Å²) in [6.45, 7) is 6.26. The second-order valence-electron chi connectivity index (χ2n) is 6.39. The van der Waals surface area contributed by atoms with E-state index in [9.17, 15) is 4.39 Å². The first-order valence-electron chi connectivity index (χ1n) is 7.82. The Balaban J connectivity index is 2.18. The number of nitrogens with zero attached hydrogens (tertiary/aromatic N) is 1. The predicted molar refractivity (Wildman–Crippen MR) is 83.4 cm³/mol. The van der Waals surface area contributed by atoms with Crippen molar-refractivity contribution >= 4 is 5.69 Å². The van der Waals surface area contributed by atoms with Gasteiger partial charge in [0.2, 0.25) is 0 Å². The highest BCUT2D eigenvalue weighted by atomic mass is 19.1. The highest BCUT2D eigenvalue weighted by Crippen LogP contribution is 2.34. The van der Waals surface area contributed by atoms with Crippen molar-refractivity contribution in [3.05, 3.63) is 30.1 Å². The van der Waals surface area contributed by atoms with Crippen LogP contribution in [-0.2, 0) is 0 Å². The molecular formula is C17H27FN2. The third-order valence-corrected chi connectivity index (χ3v) is 4.34. The van der Waals surface area contributed by atoms with Crippen molar-refractivity contribution in [2.75, 3.05) is 18.0 Å². The van der Waals surface area contributed by atoms with Crippen LogP contribution in [0.3, 0.4) is 0 Å². The van der Waals surface area contributed by atoms with Gasteiger partial charge < -0.3 is 10.6 Å². The van der Waals surface area contributed by atoms with E-state index in [1.165, 1.54) is 25.3 Å². The van der Waals surface area contributed by atoms with E-state index in [0.717, 1.165) is 30.5 Å². The molecule has 0 radical (unpaired) electrons. The molecule has 0 bridgehead atoms. The molecule has 2 N–H and O–H groups in total. The third kappa shape index (κ3) is 3.95. The first-order valence-corrected chi connectivity index (χ1v) is 7.82. The molecule has 1 aromatic carbocycles. The minimum atomic E-state index is -0.155. The zero-order valence-corrected chi connectivity index (χ0v) is 12.7. The Morgan fingerprint density at radius 3 is 2.50 bits per heavy atom. The number of halogens is 1. The average molecular weight is 278 g/mol. The molecule has 2 unspecified atom stereocenters. The summed E-state index contributed by atoms with van der Waals surface area (Å²) < 4.78 is 13.5. The molecule has 2 atom stereocenters. The molecule has 1 aliphatic carbocycles. The lowest BCUT2D eigenvalue weighted by Gasteiger charge is -2.40. The number of hydrogen-bond donors (Lipinski definition) is 1. The standard InChI is InChI=1S/C17H27FN2/c1-13-9-14(2)11-17(10-13)20(8-4-7-19)16-6-3-5-15(18)12-16/h3,5-6,12-14,17H,4,7-11,19H2,1-2H3. The molecule has 0 saturated heterocycles. The van der Waals surface area contributed by atoms with Gasteiger partial charge >= 0.3 is 0 Å². The van der Waals surface area contributed by atoms with Crippen LogP contribution >= 0.6 is 0 Å². The maximum atomic E-state index is 13.5. The number of nitrogens with two attached hydrogens (primary N) is 1. The van der Waals surface area contributed by atoms with Crippen molar-refractivity contribution in [1.82, 2.24) is 0 Å². The predicted octanol–water partition coefficient (Wildman–Crippen LogP) is 3.81. The minimum Gasteiger partial charge on any atom is -0.368 e. The summed E-state index contributed by atoms with van der Waals surface area (Å²) >= 11 is 0. The van der Waals surface area contributed by atoms with Crippen LogP contribution in [0, 0.1) is 17.7 Å². The molecule has 0 heterocycles. The highest BCUT2D eigenvalue weighted by molar-refractivity contribution is 5.47. The van der Waals surface area contributed by atoms with Crippen molar-refractivity contribution in [2.45, 2.75) is 45.6 Å². The largest absolute Gasteiger partial charge is 0.368 e. The van der Waals surface area contributed by atoms with Gasteiger partial charge in [0.05, 0.1) is 0 Å². The van der Waals surface area contributed by atoms with E-state index in [1.807, 2.05) is 6.07 Å². The van der Waals surface area contributed by atoms with Gasteiger partial charge in [-0.15, -0.1) is 0 Å². The lowest BCUT2D eigenvalue weighted by Crippen LogP contribution is -2.41. The summed E-state index contributed by atoms with van der Waals surface area (Å²) in [6, 6.07) is 7.50. The molecule has 0 spiro atoms. The fraction of sp³-hybridized carbons (Fsp3) is 0.647. The Morgan fingerprint density at radius 1 is 1.20 bits per heavy atom. The molecule has 3 heteroatoms. The van der Waals surface area contributed by atoms with E-state index in [4.69, 9.17) is 5.73 Å².